The maximum atomic E-state index is 13.3. The highest BCUT2D eigenvalue weighted by Gasteiger charge is 2.28. The first-order chi connectivity index (χ1) is 18.3. The van der Waals surface area contributed by atoms with E-state index in [1.807, 2.05) is 12.1 Å². The summed E-state index contributed by atoms with van der Waals surface area (Å²) in [6, 6.07) is 10.0. The van der Waals surface area contributed by atoms with Crippen molar-refractivity contribution in [3.63, 3.8) is 0 Å². The van der Waals surface area contributed by atoms with Gasteiger partial charge in [0.15, 0.2) is 0 Å². The van der Waals surface area contributed by atoms with Crippen molar-refractivity contribution in [1.29, 1.82) is 0 Å². The molecule has 1 aliphatic carbocycles. The van der Waals surface area contributed by atoms with Gasteiger partial charge in [0, 0.05) is 37.2 Å². The molecule has 1 aromatic carbocycles. The maximum absolute atomic E-state index is 13.3. The highest BCUT2D eigenvalue weighted by Crippen LogP contribution is 2.29. The third-order valence-corrected chi connectivity index (χ3v) is 7.28. The number of ether oxygens (including phenoxy) is 1. The summed E-state index contributed by atoms with van der Waals surface area (Å²) < 4.78 is 34.1. The van der Waals surface area contributed by atoms with E-state index >= 15 is 0 Å². The van der Waals surface area contributed by atoms with Crippen molar-refractivity contribution in [3.05, 3.63) is 65.9 Å². The molecule has 3 N–H and O–H groups in total. The first-order valence-corrected chi connectivity index (χ1v) is 14.0. The molecule has 13 heteroatoms. The van der Waals surface area contributed by atoms with Crippen LogP contribution in [0.3, 0.4) is 0 Å². The minimum Gasteiger partial charge on any atom is -0.378 e. The van der Waals surface area contributed by atoms with E-state index in [9.17, 15) is 13.2 Å². The average molecular weight is 542 g/mol. The monoisotopic (exact) mass is 541 g/mol. The van der Waals surface area contributed by atoms with Gasteiger partial charge in [0.2, 0.25) is 5.78 Å². The molecule has 0 bridgehead atoms. The van der Waals surface area contributed by atoms with Gasteiger partial charge in [0.25, 0.3) is 0 Å². The molecule has 2 atom stereocenters. The lowest BCUT2D eigenvalue weighted by Gasteiger charge is -2.29. The zero-order chi connectivity index (χ0) is 26.5. The topological polar surface area (TPSA) is 155 Å². The Hall–Kier alpha value is -3.39. The number of rotatable bonds is 10. The van der Waals surface area contributed by atoms with Crippen LogP contribution in [0.25, 0.3) is 0 Å². The lowest BCUT2D eigenvalue weighted by Crippen LogP contribution is -2.36. The Morgan fingerprint density at radius 2 is 2.05 bits per heavy atom. The molecule has 0 amide bonds. The number of hydrogen-bond acceptors (Lipinski definition) is 10. The summed E-state index contributed by atoms with van der Waals surface area (Å²) in [7, 11) is -3.96. The molecule has 12 nitrogen and oxygen atoms in total. The SMILES string of the molecule is NS(=O)(=O)OC[C@@H]1CC[C@H](Nc2ncncc2C(=O)c2ccn(Cc3cccc(N4CCOCC4)c3)n2)C1. The van der Waals surface area contributed by atoms with Crippen LogP contribution in [-0.4, -0.2) is 72.9 Å². The van der Waals surface area contributed by atoms with Gasteiger partial charge in [0.05, 0.1) is 31.9 Å². The zero-order valence-electron chi connectivity index (χ0n) is 20.9. The zero-order valence-corrected chi connectivity index (χ0v) is 21.7. The Balaban J connectivity index is 1.23. The molecule has 0 radical (unpaired) electrons. The summed E-state index contributed by atoms with van der Waals surface area (Å²) in [6.45, 7) is 3.76. The fourth-order valence-corrected chi connectivity index (χ4v) is 5.30. The van der Waals surface area contributed by atoms with Crippen molar-refractivity contribution in [2.24, 2.45) is 11.1 Å². The first-order valence-electron chi connectivity index (χ1n) is 12.6. The Bertz CT molecular complexity index is 1370. The number of hydrogen-bond donors (Lipinski definition) is 2. The summed E-state index contributed by atoms with van der Waals surface area (Å²) in [4.78, 5) is 24.0. The van der Waals surface area contributed by atoms with E-state index in [1.165, 1.54) is 12.5 Å². The molecule has 5 rings (SSSR count). The van der Waals surface area contributed by atoms with Crippen LogP contribution in [0.2, 0.25) is 0 Å². The highest BCUT2D eigenvalue weighted by molar-refractivity contribution is 7.84. The maximum Gasteiger partial charge on any atom is 0.333 e. The number of anilines is 2. The van der Waals surface area contributed by atoms with E-state index in [0.717, 1.165) is 50.4 Å². The lowest BCUT2D eigenvalue weighted by molar-refractivity contribution is 0.103. The van der Waals surface area contributed by atoms with E-state index in [4.69, 9.17) is 14.1 Å². The van der Waals surface area contributed by atoms with Crippen LogP contribution in [0.1, 0.15) is 40.9 Å². The fraction of sp³-hybridized carbons (Fsp3) is 0.440. The van der Waals surface area contributed by atoms with Crippen molar-refractivity contribution in [3.8, 4) is 0 Å². The van der Waals surface area contributed by atoms with Crippen LogP contribution in [0.5, 0.6) is 0 Å². The van der Waals surface area contributed by atoms with Crippen molar-refractivity contribution >= 4 is 27.6 Å². The predicted octanol–water partition coefficient (Wildman–Crippen LogP) is 1.59. The van der Waals surface area contributed by atoms with Gasteiger partial charge in [-0.15, -0.1) is 0 Å². The Morgan fingerprint density at radius 3 is 2.87 bits per heavy atom. The van der Waals surface area contributed by atoms with Crippen molar-refractivity contribution in [1.82, 2.24) is 19.7 Å². The van der Waals surface area contributed by atoms with Crippen LogP contribution >= 0.6 is 0 Å². The van der Waals surface area contributed by atoms with Crippen LogP contribution in [0.4, 0.5) is 11.5 Å². The Labute approximate surface area is 221 Å². The van der Waals surface area contributed by atoms with E-state index in [0.29, 0.717) is 30.0 Å². The number of ketones is 1. The second-order valence-corrected chi connectivity index (χ2v) is 10.8. The molecule has 3 heterocycles. The predicted molar refractivity (Wildman–Crippen MR) is 140 cm³/mol. The van der Waals surface area contributed by atoms with E-state index in [-0.39, 0.29) is 24.3 Å². The summed E-state index contributed by atoms with van der Waals surface area (Å²) in [6.07, 6.45) is 6.89. The summed E-state index contributed by atoms with van der Waals surface area (Å²) in [5, 5.41) is 12.8. The molecule has 202 valence electrons. The lowest BCUT2D eigenvalue weighted by atomic mass is 10.1. The molecule has 1 aliphatic heterocycles. The molecular weight excluding hydrogens is 510 g/mol. The smallest absolute Gasteiger partial charge is 0.333 e. The third kappa shape index (κ3) is 6.72. The molecule has 0 unspecified atom stereocenters. The van der Waals surface area contributed by atoms with Gasteiger partial charge in [-0.2, -0.15) is 13.5 Å². The number of carbonyl (C=O) groups is 1. The average Bonchev–Trinajstić information content (AvgIpc) is 3.57. The number of nitrogens with two attached hydrogens (primary N) is 1. The molecule has 2 aliphatic rings. The van der Waals surface area contributed by atoms with Crippen LogP contribution < -0.4 is 15.4 Å². The molecule has 1 saturated carbocycles. The molecular formula is C25H31N7O5S. The van der Waals surface area contributed by atoms with E-state index in [1.54, 1.807) is 16.9 Å². The molecule has 0 spiro atoms. The summed E-state index contributed by atoms with van der Waals surface area (Å²) in [5.41, 5.74) is 2.87. The van der Waals surface area contributed by atoms with Crippen molar-refractivity contribution in [2.45, 2.75) is 31.8 Å². The van der Waals surface area contributed by atoms with Crippen LogP contribution in [0, 0.1) is 5.92 Å². The van der Waals surface area contributed by atoms with Gasteiger partial charge in [-0.05, 0) is 48.9 Å². The number of nitrogens with zero attached hydrogens (tertiary/aromatic N) is 5. The molecule has 3 aromatic rings. The first kappa shape index (κ1) is 26.2. The Morgan fingerprint density at radius 1 is 1.21 bits per heavy atom. The second-order valence-electron chi connectivity index (χ2n) is 9.58. The summed E-state index contributed by atoms with van der Waals surface area (Å²) in [5.74, 6) is 0.195. The second kappa shape index (κ2) is 11.6. The van der Waals surface area contributed by atoms with Gasteiger partial charge in [-0.1, -0.05) is 12.1 Å². The van der Waals surface area contributed by atoms with Gasteiger partial charge >= 0.3 is 10.3 Å². The van der Waals surface area contributed by atoms with Crippen molar-refractivity contribution < 1.29 is 22.1 Å². The fourth-order valence-electron chi connectivity index (χ4n) is 4.92. The molecule has 2 aromatic heterocycles. The van der Waals surface area contributed by atoms with Gasteiger partial charge in [-0.25, -0.2) is 15.1 Å². The van der Waals surface area contributed by atoms with E-state index in [2.05, 4.69) is 37.4 Å². The van der Waals surface area contributed by atoms with Gasteiger partial charge in [0.1, 0.15) is 17.8 Å². The van der Waals surface area contributed by atoms with Crippen molar-refractivity contribution in [2.75, 3.05) is 43.1 Å². The largest absolute Gasteiger partial charge is 0.378 e. The number of morpholine rings is 1. The summed E-state index contributed by atoms with van der Waals surface area (Å²) >= 11 is 0. The normalized spacial score (nSPS) is 20.0. The number of carbonyl (C=O) groups excluding carboxylic acids is 1. The molecule has 38 heavy (non-hydrogen) atoms. The molecule has 1 saturated heterocycles. The van der Waals surface area contributed by atoms with E-state index < -0.39 is 10.3 Å². The number of benzene rings is 1. The quantitative estimate of drug-likeness (QED) is 0.362. The standard InChI is InChI=1S/C25H31N7O5S/c26-38(34,35)37-16-19-4-5-20(12-19)29-25-22(14-27-17-28-25)24(33)23-6-7-32(30-23)15-18-2-1-3-21(13-18)31-8-10-36-11-9-31/h1-3,6-7,13-14,17,19-20H,4-5,8-12,15-16H2,(H2,26,34,35)(H,27,28,29)/t19-,20+/m1/s1. The number of nitrogens with one attached hydrogen (secondary N) is 1. The number of aromatic nitrogens is 4. The highest BCUT2D eigenvalue weighted by atomic mass is 32.2. The van der Waals surface area contributed by atoms with Crippen LogP contribution in [-0.2, 0) is 25.8 Å². The van der Waals surface area contributed by atoms with Gasteiger partial charge in [-0.3, -0.25) is 13.7 Å². The molecule has 2 fully saturated rings. The minimum atomic E-state index is -3.96. The van der Waals surface area contributed by atoms with Gasteiger partial charge < -0.3 is 15.0 Å². The third-order valence-electron chi connectivity index (χ3n) is 6.81. The Kier molecular flexibility index (Phi) is 7.98. The minimum absolute atomic E-state index is 0.0156. The van der Waals surface area contributed by atoms with Crippen LogP contribution in [0.15, 0.2) is 49.1 Å².